The molecule has 2 heterocycles. The fourth-order valence-corrected chi connectivity index (χ4v) is 2.32. The van der Waals surface area contributed by atoms with Crippen molar-refractivity contribution in [3.05, 3.63) is 40.7 Å². The Morgan fingerprint density at radius 1 is 1.50 bits per heavy atom. The van der Waals surface area contributed by atoms with Crippen molar-refractivity contribution in [3.8, 4) is 0 Å². The topological polar surface area (TPSA) is 71.0 Å². The van der Waals surface area contributed by atoms with Gasteiger partial charge in [0.15, 0.2) is 0 Å². The van der Waals surface area contributed by atoms with Crippen molar-refractivity contribution in [1.82, 2.24) is 24.8 Å². The first-order chi connectivity index (χ1) is 9.65. The third-order valence-corrected chi connectivity index (χ3v) is 3.60. The van der Waals surface area contributed by atoms with E-state index in [2.05, 4.69) is 19.9 Å². The maximum absolute atomic E-state index is 11.8. The smallest absolute Gasteiger partial charge is 0.234 e. The molecule has 0 radical (unpaired) electrons. The van der Waals surface area contributed by atoms with Crippen LogP contribution in [0.1, 0.15) is 16.1 Å². The first kappa shape index (κ1) is 14.5. The summed E-state index contributed by atoms with van der Waals surface area (Å²) in [5.41, 5.74) is 1.96. The molecule has 2 aromatic rings. The van der Waals surface area contributed by atoms with Crippen LogP contribution in [0.15, 0.2) is 24.5 Å². The molecule has 0 spiro atoms. The minimum Gasteiger partial charge on any atom is -0.350 e. The predicted molar refractivity (Wildman–Crippen MR) is 77.1 cm³/mol. The summed E-state index contributed by atoms with van der Waals surface area (Å²) in [5.74, 6) is -0.0100. The summed E-state index contributed by atoms with van der Waals surface area (Å²) in [6.45, 7) is 3.42. The average Bonchev–Trinajstić information content (AvgIpc) is 2.83. The average molecular weight is 291 g/mol. The van der Waals surface area contributed by atoms with Crippen LogP contribution >= 0.6 is 11.5 Å². The molecule has 1 N–H and O–H groups in total. The van der Waals surface area contributed by atoms with Gasteiger partial charge in [0.1, 0.15) is 0 Å². The molecule has 0 saturated heterocycles. The molecule has 20 heavy (non-hydrogen) atoms. The van der Waals surface area contributed by atoms with Gasteiger partial charge < -0.3 is 5.32 Å². The molecular formula is C13H17N5OS. The lowest BCUT2D eigenvalue weighted by Crippen LogP contribution is -2.34. The molecule has 7 heteroatoms. The second-order valence-electron chi connectivity index (χ2n) is 4.59. The zero-order chi connectivity index (χ0) is 14.4. The van der Waals surface area contributed by atoms with Gasteiger partial charge >= 0.3 is 0 Å². The predicted octanol–water partition coefficient (Wildman–Crippen LogP) is 0.990. The van der Waals surface area contributed by atoms with E-state index in [0.29, 0.717) is 19.6 Å². The third kappa shape index (κ3) is 4.36. The van der Waals surface area contributed by atoms with Crippen LogP contribution in [0, 0.1) is 6.92 Å². The molecule has 0 unspecified atom stereocenters. The Hall–Kier alpha value is -1.86. The summed E-state index contributed by atoms with van der Waals surface area (Å²) >= 11 is 1.32. The highest BCUT2D eigenvalue weighted by molar-refractivity contribution is 7.05. The van der Waals surface area contributed by atoms with Gasteiger partial charge in [0.25, 0.3) is 0 Å². The number of likely N-dealkylation sites (N-methyl/N-ethyl adjacent to an activating group) is 1. The van der Waals surface area contributed by atoms with Crippen molar-refractivity contribution in [2.45, 2.75) is 20.0 Å². The van der Waals surface area contributed by atoms with Crippen molar-refractivity contribution in [2.24, 2.45) is 0 Å². The Morgan fingerprint density at radius 3 is 3.00 bits per heavy atom. The molecule has 0 aliphatic rings. The molecule has 0 atom stereocenters. The van der Waals surface area contributed by atoms with Crippen molar-refractivity contribution in [3.63, 3.8) is 0 Å². The molecule has 2 rings (SSSR count). The number of nitrogens with zero attached hydrogens (tertiary/aromatic N) is 4. The molecule has 0 bridgehead atoms. The Labute approximate surface area is 122 Å². The first-order valence-corrected chi connectivity index (χ1v) is 7.04. The van der Waals surface area contributed by atoms with E-state index < -0.39 is 0 Å². The number of amides is 1. The first-order valence-electron chi connectivity index (χ1n) is 6.27. The van der Waals surface area contributed by atoms with E-state index >= 15 is 0 Å². The van der Waals surface area contributed by atoms with Gasteiger partial charge in [-0.05, 0) is 37.1 Å². The molecule has 6 nitrogen and oxygen atoms in total. The molecule has 0 fully saturated rings. The van der Waals surface area contributed by atoms with E-state index in [9.17, 15) is 4.79 Å². The van der Waals surface area contributed by atoms with Crippen LogP contribution in [0.3, 0.4) is 0 Å². The number of hydrogen-bond donors (Lipinski definition) is 1. The summed E-state index contributed by atoms with van der Waals surface area (Å²) in [4.78, 5) is 18.8. The monoisotopic (exact) mass is 291 g/mol. The van der Waals surface area contributed by atoms with Gasteiger partial charge in [0.2, 0.25) is 5.91 Å². The third-order valence-electron chi connectivity index (χ3n) is 2.78. The highest BCUT2D eigenvalue weighted by atomic mass is 32.1. The van der Waals surface area contributed by atoms with Crippen LogP contribution in [0.2, 0.25) is 0 Å². The summed E-state index contributed by atoms with van der Waals surface area (Å²) < 4.78 is 3.84. The lowest BCUT2D eigenvalue weighted by atomic mass is 10.3. The number of carbonyl (C=O) groups excluding carboxylic acids is 1. The lowest BCUT2D eigenvalue weighted by molar-refractivity contribution is -0.122. The van der Waals surface area contributed by atoms with Crippen LogP contribution < -0.4 is 5.32 Å². The van der Waals surface area contributed by atoms with Gasteiger partial charge in [0.05, 0.1) is 23.7 Å². The molecule has 0 aliphatic heterocycles. The Bertz CT molecular complexity index is 557. The quantitative estimate of drug-likeness (QED) is 0.859. The fraction of sp³-hybridized carbons (Fsp3) is 0.385. The maximum Gasteiger partial charge on any atom is 0.234 e. The number of rotatable bonds is 6. The van der Waals surface area contributed by atoms with Gasteiger partial charge in [-0.15, -0.1) is 5.10 Å². The number of aryl methyl sites for hydroxylation is 1. The number of carbonyl (C=O) groups is 1. The molecule has 1 amide bonds. The maximum atomic E-state index is 11.8. The van der Waals surface area contributed by atoms with Crippen molar-refractivity contribution in [1.29, 1.82) is 0 Å². The second-order valence-corrected chi connectivity index (χ2v) is 5.43. The van der Waals surface area contributed by atoms with Crippen LogP contribution in [0.4, 0.5) is 0 Å². The second kappa shape index (κ2) is 7.06. The lowest BCUT2D eigenvalue weighted by Gasteiger charge is -2.15. The Morgan fingerprint density at radius 2 is 2.35 bits per heavy atom. The van der Waals surface area contributed by atoms with Crippen LogP contribution in [0.25, 0.3) is 0 Å². The zero-order valence-electron chi connectivity index (χ0n) is 11.5. The highest BCUT2D eigenvalue weighted by Crippen LogP contribution is 2.08. The van der Waals surface area contributed by atoms with Crippen LogP contribution in [-0.4, -0.2) is 39.0 Å². The normalized spacial score (nSPS) is 10.8. The summed E-state index contributed by atoms with van der Waals surface area (Å²) in [5, 5.41) is 6.79. The standard InChI is InChI=1S/C13H17N5OS/c1-10-12(20-17-16-10)7-15-13(19)9-18(2)8-11-4-3-5-14-6-11/h3-6H,7-9H2,1-2H3,(H,15,19). The van der Waals surface area contributed by atoms with Gasteiger partial charge in [-0.25, -0.2) is 0 Å². The summed E-state index contributed by atoms with van der Waals surface area (Å²) in [6.07, 6.45) is 3.54. The molecular weight excluding hydrogens is 274 g/mol. The largest absolute Gasteiger partial charge is 0.350 e. The zero-order valence-corrected chi connectivity index (χ0v) is 12.4. The van der Waals surface area contributed by atoms with Crippen molar-refractivity contribution < 1.29 is 4.79 Å². The van der Waals surface area contributed by atoms with Crippen LogP contribution in [0.5, 0.6) is 0 Å². The van der Waals surface area contributed by atoms with Crippen molar-refractivity contribution in [2.75, 3.05) is 13.6 Å². The SMILES string of the molecule is Cc1nnsc1CNC(=O)CN(C)Cc1cccnc1. The van der Waals surface area contributed by atoms with E-state index in [-0.39, 0.29) is 5.91 Å². The van der Waals surface area contributed by atoms with E-state index in [1.165, 1.54) is 11.5 Å². The fourth-order valence-electron chi connectivity index (χ4n) is 1.75. The summed E-state index contributed by atoms with van der Waals surface area (Å²) in [7, 11) is 1.91. The van der Waals surface area contributed by atoms with Gasteiger partial charge in [-0.2, -0.15) is 0 Å². The molecule has 2 aromatic heterocycles. The molecule has 0 aromatic carbocycles. The Balaban J connectivity index is 1.75. The Kier molecular flexibility index (Phi) is 5.14. The molecule has 0 saturated carbocycles. The summed E-state index contributed by atoms with van der Waals surface area (Å²) in [6, 6.07) is 3.89. The van der Waals surface area contributed by atoms with E-state index in [4.69, 9.17) is 0 Å². The van der Waals surface area contributed by atoms with E-state index in [1.54, 1.807) is 12.4 Å². The molecule has 0 aliphatic carbocycles. The van der Waals surface area contributed by atoms with E-state index in [0.717, 1.165) is 16.1 Å². The van der Waals surface area contributed by atoms with Gasteiger partial charge in [-0.1, -0.05) is 10.6 Å². The van der Waals surface area contributed by atoms with Gasteiger partial charge in [0, 0.05) is 18.9 Å². The number of nitrogens with one attached hydrogen (secondary N) is 1. The highest BCUT2D eigenvalue weighted by Gasteiger charge is 2.09. The number of pyridine rings is 1. The van der Waals surface area contributed by atoms with Gasteiger partial charge in [-0.3, -0.25) is 14.7 Å². The number of aromatic nitrogens is 3. The van der Waals surface area contributed by atoms with E-state index in [1.807, 2.05) is 31.0 Å². The van der Waals surface area contributed by atoms with Crippen LogP contribution in [-0.2, 0) is 17.9 Å². The molecule has 106 valence electrons. The minimum atomic E-state index is -0.0100. The minimum absolute atomic E-state index is 0.0100. The van der Waals surface area contributed by atoms with Crippen molar-refractivity contribution >= 4 is 17.4 Å². The number of hydrogen-bond acceptors (Lipinski definition) is 6.